The maximum Gasteiger partial charge on any atom is 0.191 e. The summed E-state index contributed by atoms with van der Waals surface area (Å²) < 4.78 is 15.8. The molecule has 5 heteroatoms. The third kappa shape index (κ3) is 2.72. The zero-order chi connectivity index (χ0) is 13.0. The maximum atomic E-state index is 6.10. The molecule has 2 rings (SSSR count). The maximum absolute atomic E-state index is 6.10. The predicted molar refractivity (Wildman–Crippen MR) is 70.1 cm³/mol. The highest BCUT2D eigenvalue weighted by molar-refractivity contribution is 6.35. The Morgan fingerprint density at radius 1 is 1.22 bits per heavy atom. The molecule has 0 saturated heterocycles. The molecular formula is C13H14ClNO3. The first-order valence-electron chi connectivity index (χ1n) is 5.48. The van der Waals surface area contributed by atoms with Gasteiger partial charge in [0, 0.05) is 25.8 Å². The zero-order valence-corrected chi connectivity index (χ0v) is 11.0. The molecule has 0 spiro atoms. The van der Waals surface area contributed by atoms with Crippen LogP contribution in [0.15, 0.2) is 30.5 Å². The van der Waals surface area contributed by atoms with Crippen LogP contribution in [-0.2, 0) is 9.47 Å². The lowest BCUT2D eigenvalue weighted by atomic mass is 10.2. The lowest BCUT2D eigenvalue weighted by Crippen LogP contribution is -2.22. The van der Waals surface area contributed by atoms with Gasteiger partial charge >= 0.3 is 0 Å². The highest BCUT2D eigenvalue weighted by Crippen LogP contribution is 2.29. The summed E-state index contributed by atoms with van der Waals surface area (Å²) in [4.78, 5) is 4.28. The van der Waals surface area contributed by atoms with Crippen LogP contribution in [0.5, 0.6) is 5.75 Å². The molecule has 0 aliphatic rings. The van der Waals surface area contributed by atoms with Crippen molar-refractivity contribution >= 4 is 22.5 Å². The summed E-state index contributed by atoms with van der Waals surface area (Å²) in [6.07, 6.45) is 1.30. The normalized spacial score (nSPS) is 11.1. The van der Waals surface area contributed by atoms with Crippen molar-refractivity contribution in [3.05, 3.63) is 35.5 Å². The summed E-state index contributed by atoms with van der Waals surface area (Å²) >= 11 is 6.10. The lowest BCUT2D eigenvalue weighted by molar-refractivity contribution is -0.121. The van der Waals surface area contributed by atoms with Crippen molar-refractivity contribution in [3.8, 4) is 5.75 Å². The number of fused-ring (bicyclic) bond motifs is 1. The van der Waals surface area contributed by atoms with Crippen LogP contribution < -0.4 is 4.74 Å². The predicted octanol–water partition coefficient (Wildman–Crippen LogP) is 2.89. The van der Waals surface area contributed by atoms with Crippen LogP contribution in [-0.4, -0.2) is 32.1 Å². The van der Waals surface area contributed by atoms with E-state index in [0.717, 1.165) is 10.9 Å². The van der Waals surface area contributed by atoms with Crippen LogP contribution in [0.4, 0.5) is 0 Å². The quantitative estimate of drug-likeness (QED) is 0.781. The molecule has 0 radical (unpaired) electrons. The van der Waals surface area contributed by atoms with E-state index in [2.05, 4.69) is 4.98 Å². The van der Waals surface area contributed by atoms with Crippen LogP contribution in [0.25, 0.3) is 10.9 Å². The number of nitrogens with zero attached hydrogens (tertiary/aromatic N) is 1. The minimum atomic E-state index is -0.403. The van der Waals surface area contributed by atoms with Crippen molar-refractivity contribution in [1.29, 1.82) is 0 Å². The molecule has 0 fully saturated rings. The van der Waals surface area contributed by atoms with E-state index in [9.17, 15) is 0 Å². The monoisotopic (exact) mass is 267 g/mol. The summed E-state index contributed by atoms with van der Waals surface area (Å²) in [5.74, 6) is 0.661. The second kappa shape index (κ2) is 6.00. The van der Waals surface area contributed by atoms with Crippen LogP contribution >= 0.6 is 11.6 Å². The number of ether oxygens (including phenoxy) is 3. The van der Waals surface area contributed by atoms with Crippen molar-refractivity contribution in [1.82, 2.24) is 4.98 Å². The van der Waals surface area contributed by atoms with E-state index in [0.29, 0.717) is 17.4 Å². The summed E-state index contributed by atoms with van der Waals surface area (Å²) in [6, 6.07) is 7.32. The van der Waals surface area contributed by atoms with Gasteiger partial charge in [0.1, 0.15) is 17.9 Å². The second-order valence-corrected chi connectivity index (χ2v) is 4.06. The molecule has 1 heterocycles. The number of benzene rings is 1. The average Bonchev–Trinajstić information content (AvgIpc) is 2.42. The third-order valence-electron chi connectivity index (χ3n) is 2.58. The molecule has 0 bridgehead atoms. The minimum absolute atomic E-state index is 0.292. The van der Waals surface area contributed by atoms with Crippen LogP contribution in [0.1, 0.15) is 0 Å². The van der Waals surface area contributed by atoms with Gasteiger partial charge in [-0.15, -0.1) is 0 Å². The van der Waals surface area contributed by atoms with E-state index in [1.54, 1.807) is 32.5 Å². The van der Waals surface area contributed by atoms with Crippen molar-refractivity contribution in [2.24, 2.45) is 0 Å². The van der Waals surface area contributed by atoms with E-state index in [-0.39, 0.29) is 0 Å². The molecule has 18 heavy (non-hydrogen) atoms. The van der Waals surface area contributed by atoms with Crippen molar-refractivity contribution in [3.63, 3.8) is 0 Å². The first kappa shape index (κ1) is 13.1. The number of aromatic nitrogens is 1. The van der Waals surface area contributed by atoms with Gasteiger partial charge in [0.2, 0.25) is 0 Å². The Kier molecular flexibility index (Phi) is 4.36. The SMILES string of the molecule is COC(COc1ccc(Cl)c2cccnc12)OC. The topological polar surface area (TPSA) is 40.6 Å². The highest BCUT2D eigenvalue weighted by Gasteiger charge is 2.10. The van der Waals surface area contributed by atoms with E-state index in [1.807, 2.05) is 12.1 Å². The van der Waals surface area contributed by atoms with Crippen LogP contribution in [0, 0.1) is 0 Å². The van der Waals surface area contributed by atoms with Gasteiger partial charge in [-0.1, -0.05) is 11.6 Å². The van der Waals surface area contributed by atoms with Gasteiger partial charge in [-0.3, -0.25) is 4.98 Å². The Labute approximate surface area is 110 Å². The van der Waals surface area contributed by atoms with Crippen molar-refractivity contribution < 1.29 is 14.2 Å². The number of halogens is 1. The fourth-order valence-corrected chi connectivity index (χ4v) is 1.83. The fourth-order valence-electron chi connectivity index (χ4n) is 1.62. The van der Waals surface area contributed by atoms with Crippen LogP contribution in [0.3, 0.4) is 0 Å². The average molecular weight is 268 g/mol. The molecule has 0 aliphatic heterocycles. The number of hydrogen-bond acceptors (Lipinski definition) is 4. The van der Waals surface area contributed by atoms with Crippen molar-refractivity contribution in [2.75, 3.05) is 20.8 Å². The Morgan fingerprint density at radius 2 is 2.00 bits per heavy atom. The number of methoxy groups -OCH3 is 2. The van der Waals surface area contributed by atoms with E-state index in [1.165, 1.54) is 0 Å². The van der Waals surface area contributed by atoms with Gasteiger partial charge in [-0.05, 0) is 24.3 Å². The second-order valence-electron chi connectivity index (χ2n) is 3.66. The first-order chi connectivity index (χ1) is 8.76. The fraction of sp³-hybridized carbons (Fsp3) is 0.308. The first-order valence-corrected chi connectivity index (χ1v) is 5.85. The Bertz CT molecular complexity index is 529. The van der Waals surface area contributed by atoms with Gasteiger partial charge < -0.3 is 14.2 Å². The molecule has 0 amide bonds. The summed E-state index contributed by atoms with van der Waals surface area (Å²) in [6.45, 7) is 0.292. The molecule has 0 unspecified atom stereocenters. The molecule has 1 aromatic heterocycles. The molecule has 96 valence electrons. The third-order valence-corrected chi connectivity index (χ3v) is 2.91. The summed E-state index contributed by atoms with van der Waals surface area (Å²) in [5.41, 5.74) is 0.732. The zero-order valence-electron chi connectivity index (χ0n) is 10.2. The molecule has 0 atom stereocenters. The summed E-state index contributed by atoms with van der Waals surface area (Å²) in [7, 11) is 3.13. The number of rotatable bonds is 5. The Hall–Kier alpha value is -1.36. The number of pyridine rings is 1. The molecule has 2 aromatic rings. The van der Waals surface area contributed by atoms with E-state index >= 15 is 0 Å². The minimum Gasteiger partial charge on any atom is -0.486 e. The number of hydrogen-bond donors (Lipinski definition) is 0. The Balaban J connectivity index is 2.26. The van der Waals surface area contributed by atoms with Gasteiger partial charge in [-0.2, -0.15) is 0 Å². The molecule has 1 aromatic carbocycles. The smallest absolute Gasteiger partial charge is 0.191 e. The van der Waals surface area contributed by atoms with Crippen LogP contribution in [0.2, 0.25) is 5.02 Å². The summed E-state index contributed by atoms with van der Waals surface area (Å²) in [5, 5.41) is 1.52. The molecule has 4 nitrogen and oxygen atoms in total. The molecular weight excluding hydrogens is 254 g/mol. The van der Waals surface area contributed by atoms with Gasteiger partial charge in [0.05, 0.1) is 5.02 Å². The lowest BCUT2D eigenvalue weighted by Gasteiger charge is -2.15. The van der Waals surface area contributed by atoms with E-state index in [4.69, 9.17) is 25.8 Å². The largest absolute Gasteiger partial charge is 0.486 e. The Morgan fingerprint density at radius 3 is 2.72 bits per heavy atom. The van der Waals surface area contributed by atoms with E-state index < -0.39 is 6.29 Å². The van der Waals surface area contributed by atoms with Gasteiger partial charge in [0.25, 0.3) is 0 Å². The standard InChI is InChI=1S/C13H14ClNO3/c1-16-12(17-2)8-18-11-6-5-10(14)9-4-3-7-15-13(9)11/h3-7,12H,8H2,1-2H3. The van der Waals surface area contributed by atoms with Crippen molar-refractivity contribution in [2.45, 2.75) is 6.29 Å². The van der Waals surface area contributed by atoms with Gasteiger partial charge in [-0.25, -0.2) is 0 Å². The van der Waals surface area contributed by atoms with Gasteiger partial charge in [0.15, 0.2) is 6.29 Å². The molecule has 0 N–H and O–H groups in total. The molecule has 0 aliphatic carbocycles. The molecule has 0 saturated carbocycles. The highest BCUT2D eigenvalue weighted by atomic mass is 35.5.